The molecule has 2 rings (SSSR count). The summed E-state index contributed by atoms with van der Waals surface area (Å²) in [5, 5.41) is 9.74. The highest BCUT2D eigenvalue weighted by atomic mass is 32.1. The Labute approximate surface area is 101 Å². The number of rotatable bonds is 3. The predicted molar refractivity (Wildman–Crippen MR) is 70.0 cm³/mol. The molecular weight excluding hydrogens is 216 g/mol. The highest BCUT2D eigenvalue weighted by Gasteiger charge is 2.10. The van der Waals surface area contributed by atoms with Crippen molar-refractivity contribution in [3.05, 3.63) is 65.7 Å². The molecule has 0 heterocycles. The van der Waals surface area contributed by atoms with Crippen molar-refractivity contribution in [1.29, 1.82) is 0 Å². The van der Waals surface area contributed by atoms with Crippen molar-refractivity contribution in [2.24, 2.45) is 0 Å². The van der Waals surface area contributed by atoms with Gasteiger partial charge in [-0.25, -0.2) is 0 Å². The maximum atomic E-state index is 9.71. The maximum Gasteiger partial charge on any atom is 0.119 e. The Bertz CT molecular complexity index is 453. The largest absolute Gasteiger partial charge is 0.508 e. The Morgan fingerprint density at radius 1 is 0.938 bits per heavy atom. The van der Waals surface area contributed by atoms with E-state index in [0.717, 1.165) is 12.0 Å². The molecule has 0 spiro atoms. The zero-order chi connectivity index (χ0) is 11.4. The molecule has 0 aromatic heterocycles. The molecule has 0 amide bonds. The number of para-hydroxylation sites is 1. The van der Waals surface area contributed by atoms with Gasteiger partial charge in [-0.05, 0) is 18.1 Å². The average molecular weight is 230 g/mol. The van der Waals surface area contributed by atoms with Crippen LogP contribution in [0.15, 0.2) is 54.6 Å². The summed E-state index contributed by atoms with van der Waals surface area (Å²) in [5.41, 5.74) is 2.11. The van der Waals surface area contributed by atoms with Gasteiger partial charge in [0.15, 0.2) is 0 Å². The average Bonchev–Trinajstić information content (AvgIpc) is 2.31. The van der Waals surface area contributed by atoms with E-state index in [2.05, 4.69) is 24.8 Å². The fraction of sp³-hybridized carbons (Fsp3) is 0.143. The van der Waals surface area contributed by atoms with E-state index < -0.39 is 0 Å². The van der Waals surface area contributed by atoms with Gasteiger partial charge in [-0.2, -0.15) is 12.6 Å². The van der Waals surface area contributed by atoms with Gasteiger partial charge in [0, 0.05) is 10.8 Å². The van der Waals surface area contributed by atoms with E-state index in [1.165, 1.54) is 5.56 Å². The highest BCUT2D eigenvalue weighted by molar-refractivity contribution is 7.80. The van der Waals surface area contributed by atoms with Crippen LogP contribution < -0.4 is 0 Å². The van der Waals surface area contributed by atoms with Crippen LogP contribution in [0, 0.1) is 0 Å². The maximum absolute atomic E-state index is 9.71. The van der Waals surface area contributed by atoms with E-state index in [0.29, 0.717) is 5.75 Å². The van der Waals surface area contributed by atoms with E-state index in [1.54, 1.807) is 6.07 Å². The molecule has 0 aliphatic heterocycles. The SMILES string of the molecule is Oc1ccccc1C(S)Cc1ccccc1. The van der Waals surface area contributed by atoms with Gasteiger partial charge in [-0.3, -0.25) is 0 Å². The zero-order valence-corrected chi connectivity index (χ0v) is 9.77. The van der Waals surface area contributed by atoms with Crippen molar-refractivity contribution in [1.82, 2.24) is 0 Å². The van der Waals surface area contributed by atoms with Crippen LogP contribution in [-0.2, 0) is 6.42 Å². The van der Waals surface area contributed by atoms with Crippen molar-refractivity contribution in [3.63, 3.8) is 0 Å². The minimum absolute atomic E-state index is 0.0311. The summed E-state index contributed by atoms with van der Waals surface area (Å²) in [6.45, 7) is 0. The second-order valence-corrected chi connectivity index (χ2v) is 4.39. The first-order chi connectivity index (χ1) is 7.77. The summed E-state index contributed by atoms with van der Waals surface area (Å²) >= 11 is 4.54. The first kappa shape index (κ1) is 11.1. The summed E-state index contributed by atoms with van der Waals surface area (Å²) in [5.74, 6) is 0.318. The van der Waals surface area contributed by atoms with Crippen molar-refractivity contribution in [3.8, 4) is 5.75 Å². The van der Waals surface area contributed by atoms with Gasteiger partial charge in [-0.1, -0.05) is 48.5 Å². The lowest BCUT2D eigenvalue weighted by Crippen LogP contribution is -1.96. The number of phenols is 1. The molecule has 0 aliphatic rings. The third kappa shape index (κ3) is 2.58. The number of phenolic OH excluding ortho intramolecular Hbond substituents is 1. The van der Waals surface area contributed by atoms with Gasteiger partial charge in [0.25, 0.3) is 0 Å². The summed E-state index contributed by atoms with van der Waals surface area (Å²) in [7, 11) is 0. The van der Waals surface area contributed by atoms with Crippen molar-refractivity contribution in [2.75, 3.05) is 0 Å². The molecule has 0 fully saturated rings. The second-order valence-electron chi connectivity index (χ2n) is 3.76. The molecule has 1 N–H and O–H groups in total. The first-order valence-corrected chi connectivity index (χ1v) is 5.79. The molecule has 82 valence electrons. The molecule has 2 heteroatoms. The quantitative estimate of drug-likeness (QED) is 0.772. The third-order valence-electron chi connectivity index (χ3n) is 2.57. The Balaban J connectivity index is 2.15. The lowest BCUT2D eigenvalue weighted by molar-refractivity contribution is 0.467. The van der Waals surface area contributed by atoms with E-state index in [1.807, 2.05) is 36.4 Å². The lowest BCUT2D eigenvalue weighted by Gasteiger charge is -2.12. The minimum Gasteiger partial charge on any atom is -0.508 e. The summed E-state index contributed by atoms with van der Waals surface area (Å²) in [4.78, 5) is 0. The molecule has 1 unspecified atom stereocenters. The number of thiol groups is 1. The van der Waals surface area contributed by atoms with Crippen molar-refractivity contribution >= 4 is 12.6 Å². The molecule has 0 bridgehead atoms. The molecule has 2 aromatic rings. The van der Waals surface area contributed by atoms with Crippen LogP contribution in [0.3, 0.4) is 0 Å². The van der Waals surface area contributed by atoms with Gasteiger partial charge in [-0.15, -0.1) is 0 Å². The molecule has 0 saturated carbocycles. The van der Waals surface area contributed by atoms with Gasteiger partial charge in [0.1, 0.15) is 5.75 Å². The molecular formula is C14H14OS. The van der Waals surface area contributed by atoms with Crippen LogP contribution in [0.4, 0.5) is 0 Å². The Morgan fingerprint density at radius 3 is 2.25 bits per heavy atom. The Kier molecular flexibility index (Phi) is 3.52. The molecule has 16 heavy (non-hydrogen) atoms. The van der Waals surface area contributed by atoms with Crippen LogP contribution in [0.1, 0.15) is 16.4 Å². The van der Waals surface area contributed by atoms with Gasteiger partial charge >= 0.3 is 0 Å². The van der Waals surface area contributed by atoms with E-state index in [-0.39, 0.29) is 5.25 Å². The number of hydrogen-bond acceptors (Lipinski definition) is 2. The summed E-state index contributed by atoms with van der Waals surface area (Å²) in [6.07, 6.45) is 0.821. The third-order valence-corrected chi connectivity index (χ3v) is 3.03. The molecule has 0 aliphatic carbocycles. The normalized spacial score (nSPS) is 12.3. The van der Waals surface area contributed by atoms with E-state index in [4.69, 9.17) is 0 Å². The van der Waals surface area contributed by atoms with Crippen LogP contribution in [-0.4, -0.2) is 5.11 Å². The molecule has 0 radical (unpaired) electrons. The fourth-order valence-electron chi connectivity index (χ4n) is 1.72. The van der Waals surface area contributed by atoms with E-state index in [9.17, 15) is 5.11 Å². The van der Waals surface area contributed by atoms with Crippen LogP contribution >= 0.6 is 12.6 Å². The number of benzene rings is 2. The Hall–Kier alpha value is -1.41. The summed E-state index contributed by atoms with van der Waals surface area (Å²) in [6, 6.07) is 17.5. The van der Waals surface area contributed by atoms with Gasteiger partial charge in [0.2, 0.25) is 0 Å². The monoisotopic (exact) mass is 230 g/mol. The van der Waals surface area contributed by atoms with Crippen LogP contribution in [0.5, 0.6) is 5.75 Å². The van der Waals surface area contributed by atoms with E-state index >= 15 is 0 Å². The molecule has 1 nitrogen and oxygen atoms in total. The summed E-state index contributed by atoms with van der Waals surface area (Å²) < 4.78 is 0. The van der Waals surface area contributed by atoms with Crippen molar-refractivity contribution < 1.29 is 5.11 Å². The first-order valence-electron chi connectivity index (χ1n) is 5.27. The predicted octanol–water partition coefficient (Wildman–Crippen LogP) is 3.61. The Morgan fingerprint density at radius 2 is 1.56 bits per heavy atom. The zero-order valence-electron chi connectivity index (χ0n) is 8.88. The standard InChI is InChI=1S/C14H14OS/c15-13-9-5-4-8-12(13)14(16)10-11-6-2-1-3-7-11/h1-9,14-16H,10H2. The second kappa shape index (κ2) is 5.08. The van der Waals surface area contributed by atoms with Crippen LogP contribution in [0.2, 0.25) is 0 Å². The minimum atomic E-state index is 0.0311. The lowest BCUT2D eigenvalue weighted by atomic mass is 10.0. The molecule has 1 atom stereocenters. The molecule has 0 saturated heterocycles. The highest BCUT2D eigenvalue weighted by Crippen LogP contribution is 2.30. The fourth-order valence-corrected chi connectivity index (χ4v) is 2.15. The number of hydrogen-bond donors (Lipinski definition) is 2. The topological polar surface area (TPSA) is 20.2 Å². The smallest absolute Gasteiger partial charge is 0.119 e. The van der Waals surface area contributed by atoms with Gasteiger partial charge < -0.3 is 5.11 Å². The van der Waals surface area contributed by atoms with Crippen LogP contribution in [0.25, 0.3) is 0 Å². The van der Waals surface area contributed by atoms with Crippen molar-refractivity contribution in [2.45, 2.75) is 11.7 Å². The van der Waals surface area contributed by atoms with Gasteiger partial charge in [0.05, 0.1) is 0 Å². The number of aromatic hydroxyl groups is 1. The molecule has 2 aromatic carbocycles.